The zero-order chi connectivity index (χ0) is 10.7. The molecule has 0 aromatic rings. The Hall–Kier alpha value is -0.310. The molecule has 1 saturated carbocycles. The quantitative estimate of drug-likeness (QED) is 0.745. The molecule has 1 N–H and O–H groups in total. The molecule has 3 heteroatoms. The monoisotopic (exact) mass is 226 g/mol. The van der Waals surface area contributed by atoms with Gasteiger partial charge in [-0.25, -0.2) is 0 Å². The molecular weight excluding hydrogens is 204 g/mol. The number of rotatable bonds is 3. The van der Waals surface area contributed by atoms with Gasteiger partial charge in [-0.2, -0.15) is 0 Å². The third kappa shape index (κ3) is 3.07. The Morgan fingerprint density at radius 3 is 2.80 bits per heavy atom. The number of thiocarbonyl (C=S) groups is 1. The van der Waals surface area contributed by atoms with Gasteiger partial charge in [0.05, 0.1) is 0 Å². The molecule has 1 aliphatic carbocycles. The van der Waals surface area contributed by atoms with E-state index in [1.807, 2.05) is 0 Å². The molecule has 1 saturated heterocycles. The molecule has 0 aromatic heterocycles. The second kappa shape index (κ2) is 5.15. The number of likely N-dealkylation sites (tertiary alicyclic amines) is 1. The van der Waals surface area contributed by atoms with Gasteiger partial charge in [0.25, 0.3) is 0 Å². The maximum absolute atomic E-state index is 5.50. The van der Waals surface area contributed by atoms with Gasteiger partial charge in [0.1, 0.15) is 0 Å². The number of piperidine rings is 1. The van der Waals surface area contributed by atoms with E-state index in [2.05, 4.69) is 17.1 Å². The smallest absolute Gasteiger partial charge is 0.169 e. The molecule has 2 nitrogen and oxygen atoms in total. The molecule has 2 fully saturated rings. The van der Waals surface area contributed by atoms with Crippen molar-refractivity contribution < 1.29 is 0 Å². The minimum absolute atomic E-state index is 0.696. The zero-order valence-corrected chi connectivity index (χ0v) is 10.5. The first-order valence-electron chi connectivity index (χ1n) is 6.38. The van der Waals surface area contributed by atoms with Crippen molar-refractivity contribution in [3.8, 4) is 0 Å². The van der Waals surface area contributed by atoms with Crippen LogP contribution in [0.3, 0.4) is 0 Å². The lowest BCUT2D eigenvalue weighted by Crippen LogP contribution is -2.49. The van der Waals surface area contributed by atoms with E-state index < -0.39 is 0 Å². The first-order chi connectivity index (χ1) is 7.31. The first kappa shape index (κ1) is 11.2. The van der Waals surface area contributed by atoms with Crippen molar-refractivity contribution in [1.29, 1.82) is 0 Å². The van der Waals surface area contributed by atoms with E-state index in [9.17, 15) is 0 Å². The summed E-state index contributed by atoms with van der Waals surface area (Å²) in [4.78, 5) is 2.45. The summed E-state index contributed by atoms with van der Waals surface area (Å²) in [6.45, 7) is 3.44. The van der Waals surface area contributed by atoms with Gasteiger partial charge in [-0.1, -0.05) is 13.3 Å². The largest absolute Gasteiger partial charge is 0.360 e. The molecule has 86 valence electrons. The molecule has 1 heterocycles. The Kier molecular flexibility index (Phi) is 3.84. The number of hydrogen-bond acceptors (Lipinski definition) is 1. The summed E-state index contributed by atoms with van der Waals surface area (Å²) in [7, 11) is 0. The average Bonchev–Trinajstić information content (AvgIpc) is 3.03. The number of hydrogen-bond donors (Lipinski definition) is 1. The number of nitrogens with one attached hydrogen (secondary N) is 1. The van der Waals surface area contributed by atoms with Gasteiger partial charge in [0.2, 0.25) is 0 Å². The summed E-state index contributed by atoms with van der Waals surface area (Å²) >= 11 is 5.50. The summed E-state index contributed by atoms with van der Waals surface area (Å²) in [6, 6.07) is 1.41. The third-order valence-corrected chi connectivity index (χ3v) is 3.77. The highest BCUT2D eigenvalue weighted by Gasteiger charge is 2.28. The highest BCUT2D eigenvalue weighted by atomic mass is 32.1. The van der Waals surface area contributed by atoms with Gasteiger partial charge in [-0.05, 0) is 50.7 Å². The van der Waals surface area contributed by atoms with Gasteiger partial charge in [0, 0.05) is 18.6 Å². The average molecular weight is 226 g/mol. The molecule has 2 rings (SSSR count). The molecule has 0 spiro atoms. The topological polar surface area (TPSA) is 15.3 Å². The van der Waals surface area contributed by atoms with E-state index in [-0.39, 0.29) is 0 Å². The molecule has 15 heavy (non-hydrogen) atoms. The summed E-state index contributed by atoms with van der Waals surface area (Å²) in [5.41, 5.74) is 0. The Balaban J connectivity index is 1.87. The van der Waals surface area contributed by atoms with Crippen molar-refractivity contribution >= 4 is 17.3 Å². The molecule has 2 aliphatic rings. The highest BCUT2D eigenvalue weighted by molar-refractivity contribution is 7.80. The van der Waals surface area contributed by atoms with Crippen molar-refractivity contribution in [3.63, 3.8) is 0 Å². The van der Waals surface area contributed by atoms with Crippen LogP contribution in [0.5, 0.6) is 0 Å². The van der Waals surface area contributed by atoms with E-state index >= 15 is 0 Å². The lowest BCUT2D eigenvalue weighted by molar-refractivity contribution is 0.226. The van der Waals surface area contributed by atoms with Crippen LogP contribution in [-0.4, -0.2) is 28.6 Å². The van der Waals surface area contributed by atoms with Crippen LogP contribution in [0.1, 0.15) is 51.9 Å². The van der Waals surface area contributed by atoms with Crippen LogP contribution in [0.15, 0.2) is 0 Å². The predicted molar refractivity (Wildman–Crippen MR) is 68.0 cm³/mol. The molecular formula is C12H22N2S. The van der Waals surface area contributed by atoms with Crippen LogP contribution >= 0.6 is 12.2 Å². The molecule has 1 atom stereocenters. The van der Waals surface area contributed by atoms with Crippen LogP contribution < -0.4 is 5.32 Å². The van der Waals surface area contributed by atoms with Crippen molar-refractivity contribution in [2.75, 3.05) is 6.54 Å². The van der Waals surface area contributed by atoms with E-state index in [1.54, 1.807) is 0 Å². The fraction of sp³-hybridized carbons (Fsp3) is 0.917. The van der Waals surface area contributed by atoms with E-state index in [0.29, 0.717) is 12.1 Å². The molecule has 1 aliphatic heterocycles. The molecule has 0 amide bonds. The van der Waals surface area contributed by atoms with Crippen molar-refractivity contribution in [3.05, 3.63) is 0 Å². The van der Waals surface area contributed by atoms with E-state index in [4.69, 9.17) is 12.2 Å². The van der Waals surface area contributed by atoms with Gasteiger partial charge in [-0.3, -0.25) is 0 Å². The van der Waals surface area contributed by atoms with Gasteiger partial charge >= 0.3 is 0 Å². The van der Waals surface area contributed by atoms with Gasteiger partial charge < -0.3 is 10.2 Å². The van der Waals surface area contributed by atoms with E-state index in [1.165, 1.54) is 51.5 Å². The standard InChI is InChI=1S/C12H22N2S/c1-2-5-11-6-3-4-9-14(11)12(15)13-10-7-8-10/h10-11H,2-9H2,1H3,(H,13,15). The number of nitrogens with zero attached hydrogens (tertiary/aromatic N) is 1. The maximum Gasteiger partial charge on any atom is 0.169 e. The predicted octanol–water partition coefficient (Wildman–Crippen LogP) is 2.68. The molecule has 1 unspecified atom stereocenters. The zero-order valence-electron chi connectivity index (χ0n) is 9.67. The summed E-state index contributed by atoms with van der Waals surface area (Å²) in [5.74, 6) is 0. The Morgan fingerprint density at radius 1 is 1.33 bits per heavy atom. The van der Waals surface area contributed by atoms with Crippen molar-refractivity contribution in [2.45, 2.75) is 64.0 Å². The molecule has 0 aromatic carbocycles. The first-order valence-corrected chi connectivity index (χ1v) is 6.79. The summed E-state index contributed by atoms with van der Waals surface area (Å²) < 4.78 is 0. The van der Waals surface area contributed by atoms with E-state index in [0.717, 1.165) is 5.11 Å². The van der Waals surface area contributed by atoms with Crippen LogP contribution in [-0.2, 0) is 0 Å². The highest BCUT2D eigenvalue weighted by Crippen LogP contribution is 2.23. The summed E-state index contributed by atoms with van der Waals surface area (Å²) in [6.07, 6.45) is 9.22. The Morgan fingerprint density at radius 2 is 2.13 bits per heavy atom. The fourth-order valence-corrected chi connectivity index (χ4v) is 2.79. The summed E-state index contributed by atoms with van der Waals surface area (Å²) in [5, 5.41) is 4.49. The minimum atomic E-state index is 0.696. The lowest BCUT2D eigenvalue weighted by Gasteiger charge is -2.37. The third-order valence-electron chi connectivity index (χ3n) is 3.41. The normalized spacial score (nSPS) is 26.5. The minimum Gasteiger partial charge on any atom is -0.360 e. The molecule has 0 radical (unpaired) electrons. The van der Waals surface area contributed by atoms with Crippen LogP contribution in [0, 0.1) is 0 Å². The second-order valence-corrected chi connectivity index (χ2v) is 5.24. The van der Waals surface area contributed by atoms with Crippen LogP contribution in [0.2, 0.25) is 0 Å². The van der Waals surface area contributed by atoms with Crippen LogP contribution in [0.25, 0.3) is 0 Å². The van der Waals surface area contributed by atoms with Gasteiger partial charge in [0.15, 0.2) is 5.11 Å². The Labute approximate surface area is 98.4 Å². The molecule has 0 bridgehead atoms. The van der Waals surface area contributed by atoms with Crippen molar-refractivity contribution in [2.24, 2.45) is 0 Å². The van der Waals surface area contributed by atoms with Crippen molar-refractivity contribution in [1.82, 2.24) is 10.2 Å². The second-order valence-electron chi connectivity index (χ2n) is 4.86. The lowest BCUT2D eigenvalue weighted by atomic mass is 9.99. The van der Waals surface area contributed by atoms with Gasteiger partial charge in [-0.15, -0.1) is 0 Å². The van der Waals surface area contributed by atoms with Crippen LogP contribution in [0.4, 0.5) is 0 Å². The SMILES string of the molecule is CCCC1CCCCN1C(=S)NC1CC1. The Bertz CT molecular complexity index is 224. The maximum atomic E-state index is 5.50. The fourth-order valence-electron chi connectivity index (χ4n) is 2.39.